The van der Waals surface area contributed by atoms with Crippen molar-refractivity contribution in [2.45, 2.75) is 13.0 Å². The van der Waals surface area contributed by atoms with Crippen molar-refractivity contribution in [2.75, 3.05) is 7.05 Å². The second-order valence-electron chi connectivity index (χ2n) is 2.51. The van der Waals surface area contributed by atoms with Crippen LogP contribution in [-0.2, 0) is 4.79 Å². The Morgan fingerprint density at radius 3 is 2.67 bits per heavy atom. The standard InChI is InChI=1S/C8H11NO2S/c1-5-3-4-6(12-5)7(9-2)8(10)11/h3-4,7,9H,1-2H3,(H,10,11)/t7-/m0/s1. The van der Waals surface area contributed by atoms with Crippen LogP contribution in [0.25, 0.3) is 0 Å². The molecule has 0 radical (unpaired) electrons. The molecule has 0 saturated carbocycles. The van der Waals surface area contributed by atoms with Gasteiger partial charge < -0.3 is 10.4 Å². The van der Waals surface area contributed by atoms with Gasteiger partial charge in [-0.3, -0.25) is 4.79 Å². The van der Waals surface area contributed by atoms with Crippen molar-refractivity contribution in [1.29, 1.82) is 0 Å². The molecular weight excluding hydrogens is 174 g/mol. The highest BCUT2D eigenvalue weighted by Crippen LogP contribution is 2.22. The monoisotopic (exact) mass is 185 g/mol. The fraction of sp³-hybridized carbons (Fsp3) is 0.375. The molecular formula is C8H11NO2S. The van der Waals surface area contributed by atoms with Crippen LogP contribution in [0.1, 0.15) is 15.8 Å². The van der Waals surface area contributed by atoms with Gasteiger partial charge in [0.2, 0.25) is 0 Å². The molecule has 0 aromatic carbocycles. The highest BCUT2D eigenvalue weighted by atomic mass is 32.1. The minimum Gasteiger partial charge on any atom is -0.480 e. The van der Waals surface area contributed by atoms with Gasteiger partial charge in [0, 0.05) is 9.75 Å². The molecule has 4 heteroatoms. The second kappa shape index (κ2) is 3.69. The first kappa shape index (κ1) is 9.22. The number of aryl methyl sites for hydroxylation is 1. The number of aliphatic carboxylic acids is 1. The topological polar surface area (TPSA) is 49.3 Å². The lowest BCUT2D eigenvalue weighted by Crippen LogP contribution is -2.23. The summed E-state index contributed by atoms with van der Waals surface area (Å²) >= 11 is 1.51. The molecule has 0 aliphatic carbocycles. The summed E-state index contributed by atoms with van der Waals surface area (Å²) in [5.41, 5.74) is 0. The van der Waals surface area contributed by atoms with Gasteiger partial charge in [-0.2, -0.15) is 0 Å². The lowest BCUT2D eigenvalue weighted by atomic mass is 10.2. The molecule has 66 valence electrons. The van der Waals surface area contributed by atoms with Crippen molar-refractivity contribution in [2.24, 2.45) is 0 Å². The smallest absolute Gasteiger partial charge is 0.326 e. The molecule has 1 aromatic rings. The summed E-state index contributed by atoms with van der Waals surface area (Å²) in [5, 5.41) is 11.5. The minimum absolute atomic E-state index is 0.566. The van der Waals surface area contributed by atoms with Crippen LogP contribution in [-0.4, -0.2) is 18.1 Å². The Morgan fingerprint density at radius 2 is 2.33 bits per heavy atom. The fourth-order valence-electron chi connectivity index (χ4n) is 0.996. The van der Waals surface area contributed by atoms with E-state index in [1.165, 1.54) is 11.3 Å². The molecule has 0 amide bonds. The number of hydrogen-bond acceptors (Lipinski definition) is 3. The van der Waals surface area contributed by atoms with Crippen LogP contribution in [0.15, 0.2) is 12.1 Å². The van der Waals surface area contributed by atoms with Gasteiger partial charge in [0.15, 0.2) is 0 Å². The van der Waals surface area contributed by atoms with Crippen molar-refractivity contribution in [3.8, 4) is 0 Å². The first-order chi connectivity index (χ1) is 5.65. The molecule has 0 aliphatic rings. The van der Waals surface area contributed by atoms with E-state index in [9.17, 15) is 4.79 Å². The van der Waals surface area contributed by atoms with Gasteiger partial charge in [0.25, 0.3) is 0 Å². The van der Waals surface area contributed by atoms with Crippen molar-refractivity contribution in [1.82, 2.24) is 5.32 Å². The van der Waals surface area contributed by atoms with Gasteiger partial charge in [-0.25, -0.2) is 0 Å². The van der Waals surface area contributed by atoms with Crippen molar-refractivity contribution < 1.29 is 9.90 Å². The average Bonchev–Trinajstić information content (AvgIpc) is 2.37. The molecule has 0 bridgehead atoms. The zero-order valence-corrected chi connectivity index (χ0v) is 7.81. The maximum Gasteiger partial charge on any atom is 0.326 e. The van der Waals surface area contributed by atoms with Gasteiger partial charge in [-0.05, 0) is 26.1 Å². The normalized spacial score (nSPS) is 12.8. The second-order valence-corrected chi connectivity index (χ2v) is 3.83. The summed E-state index contributed by atoms with van der Waals surface area (Å²) < 4.78 is 0. The number of thiophene rings is 1. The molecule has 1 atom stereocenters. The molecule has 1 heterocycles. The van der Waals surface area contributed by atoms with Crippen LogP contribution in [0.4, 0.5) is 0 Å². The van der Waals surface area contributed by atoms with E-state index in [4.69, 9.17) is 5.11 Å². The predicted molar refractivity (Wildman–Crippen MR) is 48.5 cm³/mol. The maximum atomic E-state index is 10.7. The van der Waals surface area contributed by atoms with Crippen LogP contribution in [0.5, 0.6) is 0 Å². The summed E-state index contributed by atoms with van der Waals surface area (Å²) in [5.74, 6) is -0.834. The first-order valence-electron chi connectivity index (χ1n) is 3.61. The highest BCUT2D eigenvalue weighted by molar-refractivity contribution is 7.12. The predicted octanol–water partition coefficient (Wildman–Crippen LogP) is 1.40. The first-order valence-corrected chi connectivity index (χ1v) is 4.43. The number of carbonyl (C=O) groups is 1. The zero-order valence-electron chi connectivity index (χ0n) is 7.00. The van der Waals surface area contributed by atoms with Crippen molar-refractivity contribution in [3.05, 3.63) is 21.9 Å². The van der Waals surface area contributed by atoms with Crippen LogP contribution in [0.3, 0.4) is 0 Å². The Hall–Kier alpha value is -0.870. The Morgan fingerprint density at radius 1 is 1.67 bits per heavy atom. The van der Waals surface area contributed by atoms with Gasteiger partial charge >= 0.3 is 5.97 Å². The summed E-state index contributed by atoms with van der Waals surface area (Å²) in [7, 11) is 1.65. The van der Waals surface area contributed by atoms with E-state index in [0.29, 0.717) is 0 Å². The van der Waals surface area contributed by atoms with Gasteiger partial charge in [-0.1, -0.05) is 0 Å². The SMILES string of the molecule is CN[C@H](C(=O)O)c1ccc(C)s1. The van der Waals surface area contributed by atoms with E-state index in [1.807, 2.05) is 19.1 Å². The molecule has 1 rings (SSSR count). The quantitative estimate of drug-likeness (QED) is 0.748. The Labute approximate surface area is 75.0 Å². The zero-order chi connectivity index (χ0) is 9.14. The van der Waals surface area contributed by atoms with E-state index in [-0.39, 0.29) is 0 Å². The fourth-order valence-corrected chi connectivity index (χ4v) is 1.98. The molecule has 0 aliphatic heterocycles. The number of hydrogen-bond donors (Lipinski definition) is 2. The van der Waals surface area contributed by atoms with E-state index in [0.717, 1.165) is 9.75 Å². The molecule has 3 nitrogen and oxygen atoms in total. The van der Waals surface area contributed by atoms with Crippen LogP contribution >= 0.6 is 11.3 Å². The Bertz CT molecular complexity index is 282. The summed E-state index contributed by atoms with van der Waals surface area (Å²) in [6.45, 7) is 1.96. The van der Waals surface area contributed by atoms with Crippen LogP contribution < -0.4 is 5.32 Å². The van der Waals surface area contributed by atoms with Gasteiger partial charge in [0.1, 0.15) is 6.04 Å². The molecule has 0 saturated heterocycles. The van der Waals surface area contributed by atoms with Crippen LogP contribution in [0.2, 0.25) is 0 Å². The van der Waals surface area contributed by atoms with Gasteiger partial charge in [-0.15, -0.1) is 11.3 Å². The number of carboxylic acids is 1. The molecule has 0 fully saturated rings. The largest absolute Gasteiger partial charge is 0.480 e. The number of nitrogens with one attached hydrogen (secondary N) is 1. The minimum atomic E-state index is -0.834. The summed E-state index contributed by atoms with van der Waals surface area (Å²) in [6, 6.07) is 3.20. The van der Waals surface area contributed by atoms with E-state index in [1.54, 1.807) is 7.05 Å². The molecule has 12 heavy (non-hydrogen) atoms. The van der Waals surface area contributed by atoms with E-state index < -0.39 is 12.0 Å². The molecule has 0 spiro atoms. The summed E-state index contributed by atoms with van der Waals surface area (Å²) in [6.07, 6.45) is 0. The lowest BCUT2D eigenvalue weighted by molar-refractivity contribution is -0.139. The van der Waals surface area contributed by atoms with Crippen molar-refractivity contribution >= 4 is 17.3 Å². The highest BCUT2D eigenvalue weighted by Gasteiger charge is 2.18. The molecule has 2 N–H and O–H groups in total. The van der Waals surface area contributed by atoms with Gasteiger partial charge in [0.05, 0.1) is 0 Å². The Balaban J connectivity index is 2.87. The molecule has 0 unspecified atom stereocenters. The summed E-state index contributed by atoms with van der Waals surface area (Å²) in [4.78, 5) is 12.7. The number of carboxylic acid groups (broad SMARTS) is 1. The maximum absolute atomic E-state index is 10.7. The molecule has 1 aromatic heterocycles. The third-order valence-electron chi connectivity index (χ3n) is 1.58. The third kappa shape index (κ3) is 1.84. The number of likely N-dealkylation sites (N-methyl/N-ethyl adjacent to an activating group) is 1. The third-order valence-corrected chi connectivity index (χ3v) is 2.65. The van der Waals surface area contributed by atoms with Crippen LogP contribution in [0, 0.1) is 6.92 Å². The lowest BCUT2D eigenvalue weighted by Gasteiger charge is -2.07. The van der Waals surface area contributed by atoms with E-state index in [2.05, 4.69) is 5.32 Å². The van der Waals surface area contributed by atoms with Crippen molar-refractivity contribution in [3.63, 3.8) is 0 Å². The van der Waals surface area contributed by atoms with E-state index >= 15 is 0 Å². The average molecular weight is 185 g/mol. The Kier molecular flexibility index (Phi) is 2.83. The number of rotatable bonds is 3.